The smallest absolute Gasteiger partial charge is 0.293 e. The van der Waals surface area contributed by atoms with E-state index in [-0.39, 0.29) is 0 Å². The first-order valence-corrected chi connectivity index (χ1v) is 5.43. The van der Waals surface area contributed by atoms with Crippen LogP contribution in [0.2, 0.25) is 0 Å². The molecule has 0 unspecified atom stereocenters. The van der Waals surface area contributed by atoms with Gasteiger partial charge < -0.3 is 10.2 Å². The first kappa shape index (κ1) is 13.6. The van der Waals surface area contributed by atoms with Gasteiger partial charge in [-0.2, -0.15) is 8.42 Å². The van der Waals surface area contributed by atoms with Crippen molar-refractivity contribution < 1.29 is 23.2 Å². The molecular formula is C8H16O5S. The fourth-order valence-corrected chi connectivity index (χ4v) is 1.96. The number of aliphatic hydroxyl groups is 2. The standard InChI is InChI=1S/C8H16O5S/c1-7(2,9)5-6(8(3,4)10)14(11,12)13/h5,9-10H,1-4H3,(H,11,12,13). The van der Waals surface area contributed by atoms with E-state index in [1.54, 1.807) is 0 Å². The van der Waals surface area contributed by atoms with E-state index in [0.29, 0.717) is 0 Å². The Hall–Kier alpha value is -0.430. The lowest BCUT2D eigenvalue weighted by atomic mass is 10.0. The zero-order valence-electron chi connectivity index (χ0n) is 8.64. The predicted octanol–water partition coefficient (Wildman–Crippen LogP) is 0.300. The molecule has 0 radical (unpaired) electrons. The summed E-state index contributed by atoms with van der Waals surface area (Å²) in [6.45, 7) is 5.09. The number of hydrogen-bond acceptors (Lipinski definition) is 4. The Balaban J connectivity index is 5.50. The lowest BCUT2D eigenvalue weighted by Gasteiger charge is -2.22. The van der Waals surface area contributed by atoms with Crippen LogP contribution in [0, 0.1) is 0 Å². The molecule has 0 bridgehead atoms. The average Bonchev–Trinajstić information content (AvgIpc) is 1.75. The van der Waals surface area contributed by atoms with Crippen LogP contribution in [0.15, 0.2) is 11.0 Å². The Morgan fingerprint density at radius 2 is 1.50 bits per heavy atom. The van der Waals surface area contributed by atoms with Crippen molar-refractivity contribution in [1.29, 1.82) is 0 Å². The second kappa shape index (κ2) is 3.62. The van der Waals surface area contributed by atoms with E-state index in [9.17, 15) is 18.6 Å². The molecule has 0 aliphatic heterocycles. The van der Waals surface area contributed by atoms with Gasteiger partial charge >= 0.3 is 0 Å². The lowest BCUT2D eigenvalue weighted by molar-refractivity contribution is 0.109. The van der Waals surface area contributed by atoms with E-state index in [1.807, 2.05) is 0 Å². The molecule has 0 fully saturated rings. The molecule has 0 heterocycles. The molecule has 0 aromatic rings. The highest BCUT2D eigenvalue weighted by Crippen LogP contribution is 2.23. The van der Waals surface area contributed by atoms with Crippen LogP contribution in [0.25, 0.3) is 0 Å². The molecule has 0 aromatic carbocycles. The number of hydrogen-bond donors (Lipinski definition) is 3. The topological polar surface area (TPSA) is 94.8 Å². The summed E-state index contributed by atoms with van der Waals surface area (Å²) in [6.07, 6.45) is 0.905. The Labute approximate surface area is 83.8 Å². The van der Waals surface area contributed by atoms with Crippen LogP contribution < -0.4 is 0 Å². The maximum absolute atomic E-state index is 10.9. The van der Waals surface area contributed by atoms with Crippen LogP contribution in [-0.4, -0.2) is 34.4 Å². The molecule has 0 aliphatic carbocycles. The van der Waals surface area contributed by atoms with E-state index in [4.69, 9.17) is 4.55 Å². The van der Waals surface area contributed by atoms with Gasteiger partial charge in [-0.15, -0.1) is 0 Å². The Morgan fingerprint density at radius 3 is 1.57 bits per heavy atom. The molecular weight excluding hydrogens is 208 g/mol. The molecule has 84 valence electrons. The summed E-state index contributed by atoms with van der Waals surface area (Å²) in [5.41, 5.74) is -3.15. The van der Waals surface area contributed by atoms with Gasteiger partial charge in [0.15, 0.2) is 0 Å². The molecule has 0 saturated carbocycles. The summed E-state index contributed by atoms with van der Waals surface area (Å²) in [7, 11) is -4.50. The fraction of sp³-hybridized carbons (Fsp3) is 0.750. The molecule has 0 atom stereocenters. The Bertz CT molecular complexity index is 326. The van der Waals surface area contributed by atoms with E-state index < -0.39 is 26.2 Å². The third-order valence-electron chi connectivity index (χ3n) is 1.37. The molecule has 0 amide bonds. The first-order valence-electron chi connectivity index (χ1n) is 3.99. The fourth-order valence-electron chi connectivity index (χ4n) is 0.888. The molecule has 0 aliphatic rings. The van der Waals surface area contributed by atoms with Crippen molar-refractivity contribution in [1.82, 2.24) is 0 Å². The van der Waals surface area contributed by atoms with Crippen LogP contribution in [0.5, 0.6) is 0 Å². The van der Waals surface area contributed by atoms with E-state index in [0.717, 1.165) is 6.08 Å². The van der Waals surface area contributed by atoms with Gasteiger partial charge in [-0.1, -0.05) is 0 Å². The molecule has 0 saturated heterocycles. The van der Waals surface area contributed by atoms with Gasteiger partial charge in [0.2, 0.25) is 0 Å². The SMILES string of the molecule is CC(C)(O)C=C(C(C)(C)O)S(=O)(=O)O. The predicted molar refractivity (Wildman–Crippen MR) is 52.2 cm³/mol. The van der Waals surface area contributed by atoms with Gasteiger partial charge in [-0.25, -0.2) is 0 Å². The van der Waals surface area contributed by atoms with E-state index in [1.165, 1.54) is 27.7 Å². The second-order valence-corrected chi connectivity index (χ2v) is 5.59. The molecule has 14 heavy (non-hydrogen) atoms. The van der Waals surface area contributed by atoms with Crippen molar-refractivity contribution in [3.05, 3.63) is 11.0 Å². The molecule has 6 heteroatoms. The summed E-state index contributed by atoms with van der Waals surface area (Å²) >= 11 is 0. The maximum Gasteiger partial charge on any atom is 0.293 e. The average molecular weight is 224 g/mol. The molecule has 0 rings (SSSR count). The molecule has 0 spiro atoms. The van der Waals surface area contributed by atoms with Crippen LogP contribution in [0.3, 0.4) is 0 Å². The van der Waals surface area contributed by atoms with Crippen molar-refractivity contribution in [2.45, 2.75) is 38.9 Å². The van der Waals surface area contributed by atoms with Crippen molar-refractivity contribution in [2.75, 3.05) is 0 Å². The summed E-state index contributed by atoms with van der Waals surface area (Å²) < 4.78 is 30.6. The second-order valence-electron chi connectivity index (χ2n) is 4.20. The summed E-state index contributed by atoms with van der Waals surface area (Å²) in [6, 6.07) is 0. The first-order chi connectivity index (χ1) is 5.84. The van der Waals surface area contributed by atoms with Gasteiger partial charge in [-0.3, -0.25) is 4.55 Å². The van der Waals surface area contributed by atoms with Gasteiger partial charge in [0.1, 0.15) is 4.91 Å². The summed E-state index contributed by atoms with van der Waals surface area (Å²) in [4.78, 5) is -0.613. The monoisotopic (exact) mass is 224 g/mol. The summed E-state index contributed by atoms with van der Waals surface area (Å²) in [5.74, 6) is 0. The Kier molecular flexibility index (Phi) is 3.51. The molecule has 5 nitrogen and oxygen atoms in total. The third-order valence-corrected chi connectivity index (χ3v) is 2.54. The van der Waals surface area contributed by atoms with Crippen LogP contribution in [0.4, 0.5) is 0 Å². The Morgan fingerprint density at radius 1 is 1.14 bits per heavy atom. The van der Waals surface area contributed by atoms with Crippen molar-refractivity contribution in [3.63, 3.8) is 0 Å². The minimum Gasteiger partial charge on any atom is -0.386 e. The van der Waals surface area contributed by atoms with Crippen LogP contribution in [-0.2, 0) is 10.1 Å². The van der Waals surface area contributed by atoms with E-state index >= 15 is 0 Å². The zero-order valence-corrected chi connectivity index (χ0v) is 9.46. The highest BCUT2D eigenvalue weighted by molar-refractivity contribution is 7.89. The molecule has 3 N–H and O–H groups in total. The van der Waals surface area contributed by atoms with Crippen molar-refractivity contribution >= 4 is 10.1 Å². The van der Waals surface area contributed by atoms with Gasteiger partial charge in [0.25, 0.3) is 10.1 Å². The minimum absolute atomic E-state index is 0.613. The largest absolute Gasteiger partial charge is 0.386 e. The lowest BCUT2D eigenvalue weighted by Crippen LogP contribution is -2.30. The number of rotatable bonds is 3. The molecule has 0 aromatic heterocycles. The minimum atomic E-state index is -4.50. The highest BCUT2D eigenvalue weighted by Gasteiger charge is 2.31. The van der Waals surface area contributed by atoms with Crippen molar-refractivity contribution in [3.8, 4) is 0 Å². The van der Waals surface area contributed by atoms with Gasteiger partial charge in [0, 0.05) is 0 Å². The van der Waals surface area contributed by atoms with Crippen molar-refractivity contribution in [2.24, 2.45) is 0 Å². The van der Waals surface area contributed by atoms with Gasteiger partial charge in [0.05, 0.1) is 11.2 Å². The van der Waals surface area contributed by atoms with Crippen LogP contribution in [0.1, 0.15) is 27.7 Å². The maximum atomic E-state index is 10.9. The third kappa shape index (κ3) is 4.71. The van der Waals surface area contributed by atoms with Crippen LogP contribution >= 0.6 is 0 Å². The zero-order chi connectivity index (χ0) is 11.8. The van der Waals surface area contributed by atoms with E-state index in [2.05, 4.69) is 0 Å². The quantitative estimate of drug-likeness (QED) is 0.599. The van der Waals surface area contributed by atoms with Gasteiger partial charge in [-0.05, 0) is 33.8 Å². The summed E-state index contributed by atoms with van der Waals surface area (Å²) in [5, 5.41) is 18.8. The normalized spacial score (nSPS) is 15.8. The highest BCUT2D eigenvalue weighted by atomic mass is 32.2.